The number of phosphoric acid groups is 1. The van der Waals surface area contributed by atoms with Crippen LogP contribution in [0.15, 0.2) is 36.5 Å². The maximum absolute atomic E-state index is 12.9. The number of nitrogens with one attached hydrogen (secondary N) is 1. The van der Waals surface area contributed by atoms with Crippen molar-refractivity contribution >= 4 is 13.7 Å². The van der Waals surface area contributed by atoms with E-state index < -0.39 is 20.0 Å². The van der Waals surface area contributed by atoms with Crippen molar-refractivity contribution in [1.82, 2.24) is 5.32 Å². The fraction of sp³-hybridized carbons (Fsp3) is 0.854. The highest BCUT2D eigenvalue weighted by atomic mass is 31.2. The van der Waals surface area contributed by atoms with Crippen molar-refractivity contribution in [1.29, 1.82) is 0 Å². The topological polar surface area (TPSA) is 108 Å². The second kappa shape index (κ2) is 40.1. The molecule has 0 spiro atoms. The van der Waals surface area contributed by atoms with Crippen molar-refractivity contribution in [2.75, 3.05) is 40.9 Å². The van der Waals surface area contributed by atoms with E-state index >= 15 is 0 Å². The minimum atomic E-state index is -4.57. The van der Waals surface area contributed by atoms with Crippen molar-refractivity contribution in [3.63, 3.8) is 0 Å². The van der Waals surface area contributed by atoms with Gasteiger partial charge >= 0.3 is 0 Å². The summed E-state index contributed by atoms with van der Waals surface area (Å²) in [5.41, 5.74) is 0. The Hall–Kier alpha value is -1.28. The number of unbranched alkanes of at least 4 members (excludes halogenated alkanes) is 24. The number of aliphatic hydroxyl groups excluding tert-OH is 1. The standard InChI is InChI=1S/C48H93N2O6P/c1-6-8-10-12-14-16-18-20-22-23-24-25-26-27-28-30-32-34-36-38-40-42-48(52)49-46(45-56-57(53,54)55-44-43-50(3,4)5)47(51)41-39-37-35-33-31-29-21-19-17-15-13-11-9-7-2/h18,20,23-24,26-27,46-47,51H,6-17,19,21-22,25,28-45H2,1-5H3,(H-,49,52,53,54)/b20-18-,24-23-,27-26-. The molecule has 9 heteroatoms. The molecule has 3 unspecified atom stereocenters. The second-order valence-electron chi connectivity index (χ2n) is 17.5. The highest BCUT2D eigenvalue weighted by Gasteiger charge is 2.24. The SMILES string of the molecule is CCCCCCC/C=C\C/C=C\C/C=C\CCCCCCCCC(=O)NC(COP(=O)([O-])OCC[N+](C)(C)C)C(O)CCCCCCCCCCCCCCCC. The van der Waals surface area contributed by atoms with Crippen LogP contribution in [0.2, 0.25) is 0 Å². The van der Waals surface area contributed by atoms with Crippen LogP contribution in [0.25, 0.3) is 0 Å². The molecule has 3 atom stereocenters. The smallest absolute Gasteiger partial charge is 0.268 e. The summed E-state index contributed by atoms with van der Waals surface area (Å²) in [4.78, 5) is 25.4. The number of carbonyl (C=O) groups excluding carboxylic acids is 1. The van der Waals surface area contributed by atoms with Crippen LogP contribution in [0, 0.1) is 0 Å². The van der Waals surface area contributed by atoms with Crippen LogP contribution in [0.4, 0.5) is 0 Å². The van der Waals surface area contributed by atoms with Crippen molar-refractivity contribution in [2.45, 2.75) is 225 Å². The fourth-order valence-corrected chi connectivity index (χ4v) is 7.53. The maximum atomic E-state index is 12.9. The highest BCUT2D eigenvalue weighted by molar-refractivity contribution is 7.45. The second-order valence-corrected chi connectivity index (χ2v) is 18.9. The molecule has 0 aliphatic rings. The van der Waals surface area contributed by atoms with Gasteiger partial charge in [-0.25, -0.2) is 0 Å². The van der Waals surface area contributed by atoms with Gasteiger partial charge < -0.3 is 28.8 Å². The lowest BCUT2D eigenvalue weighted by molar-refractivity contribution is -0.870. The molecule has 8 nitrogen and oxygen atoms in total. The Morgan fingerprint density at radius 3 is 1.47 bits per heavy atom. The zero-order valence-electron chi connectivity index (χ0n) is 38.0. The third-order valence-electron chi connectivity index (χ3n) is 10.6. The normalized spacial score (nSPS) is 14.6. The van der Waals surface area contributed by atoms with E-state index in [4.69, 9.17) is 9.05 Å². The predicted octanol–water partition coefficient (Wildman–Crippen LogP) is 12.8. The number of quaternary nitrogens is 1. The van der Waals surface area contributed by atoms with Gasteiger partial charge in [0.05, 0.1) is 39.9 Å². The molecule has 0 saturated heterocycles. The van der Waals surface area contributed by atoms with E-state index in [0.29, 0.717) is 23.9 Å². The first kappa shape index (κ1) is 55.7. The molecule has 0 fully saturated rings. The number of hydrogen-bond acceptors (Lipinski definition) is 6. The average Bonchev–Trinajstić information content (AvgIpc) is 3.16. The Morgan fingerprint density at radius 1 is 0.614 bits per heavy atom. The molecule has 0 aromatic rings. The van der Waals surface area contributed by atoms with Crippen molar-refractivity contribution < 1.29 is 32.9 Å². The summed E-state index contributed by atoms with van der Waals surface area (Å²) in [6, 6.07) is -0.806. The Balaban J connectivity index is 4.33. The summed E-state index contributed by atoms with van der Waals surface area (Å²) >= 11 is 0. The van der Waals surface area contributed by atoms with Crippen LogP contribution < -0.4 is 10.2 Å². The number of likely N-dealkylation sites (N-methyl/N-ethyl adjacent to an activating group) is 1. The van der Waals surface area contributed by atoms with Gasteiger partial charge in [-0.2, -0.15) is 0 Å². The quantitative estimate of drug-likeness (QED) is 0.0274. The number of allylic oxidation sites excluding steroid dienone is 6. The Kier molecular flexibility index (Phi) is 39.2. The minimum absolute atomic E-state index is 0.00878. The van der Waals surface area contributed by atoms with Crippen LogP contribution in [0.5, 0.6) is 0 Å². The summed E-state index contributed by atoms with van der Waals surface area (Å²) in [5, 5.41) is 13.9. The zero-order chi connectivity index (χ0) is 42.1. The predicted molar refractivity (Wildman–Crippen MR) is 242 cm³/mol. The molecule has 0 bridgehead atoms. The number of carbonyl (C=O) groups is 1. The Morgan fingerprint density at radius 2 is 1.02 bits per heavy atom. The van der Waals surface area contributed by atoms with Gasteiger partial charge in [0.15, 0.2) is 0 Å². The first-order valence-corrected chi connectivity index (χ1v) is 25.3. The van der Waals surface area contributed by atoms with Crippen molar-refractivity contribution in [3.05, 3.63) is 36.5 Å². The fourth-order valence-electron chi connectivity index (χ4n) is 6.81. The molecule has 0 saturated carbocycles. The first-order valence-electron chi connectivity index (χ1n) is 23.8. The van der Waals surface area contributed by atoms with Gasteiger partial charge in [-0.15, -0.1) is 0 Å². The highest BCUT2D eigenvalue weighted by Crippen LogP contribution is 2.38. The molecule has 57 heavy (non-hydrogen) atoms. The van der Waals surface area contributed by atoms with E-state index in [2.05, 4.69) is 55.6 Å². The lowest BCUT2D eigenvalue weighted by Gasteiger charge is -2.30. The third kappa shape index (κ3) is 42.6. The average molecular weight is 825 g/mol. The van der Waals surface area contributed by atoms with Gasteiger partial charge in [0.2, 0.25) is 5.91 Å². The Labute approximate surface area is 353 Å². The Bertz CT molecular complexity index is 1030. The molecule has 1 amide bonds. The summed E-state index contributed by atoms with van der Waals surface area (Å²) < 4.78 is 23.3. The molecule has 0 heterocycles. The molecular weight excluding hydrogens is 732 g/mol. The van der Waals surface area contributed by atoms with Crippen LogP contribution >= 0.6 is 7.82 Å². The summed E-state index contributed by atoms with van der Waals surface area (Å²) in [6.45, 7) is 4.70. The molecule has 0 radical (unpaired) electrons. The maximum Gasteiger partial charge on any atom is 0.268 e. The number of amides is 1. The zero-order valence-corrected chi connectivity index (χ0v) is 38.9. The third-order valence-corrected chi connectivity index (χ3v) is 11.6. The van der Waals surface area contributed by atoms with Crippen molar-refractivity contribution in [2.24, 2.45) is 0 Å². The summed E-state index contributed by atoms with van der Waals surface area (Å²) in [7, 11) is 1.29. The van der Waals surface area contributed by atoms with E-state index in [0.717, 1.165) is 64.2 Å². The lowest BCUT2D eigenvalue weighted by Crippen LogP contribution is -2.46. The number of phosphoric ester groups is 1. The monoisotopic (exact) mass is 825 g/mol. The number of hydrogen-bond donors (Lipinski definition) is 2. The molecule has 0 aliphatic carbocycles. The molecule has 2 N–H and O–H groups in total. The number of nitrogens with zero attached hydrogens (tertiary/aromatic N) is 1. The van der Waals surface area contributed by atoms with Gasteiger partial charge in [-0.05, 0) is 51.4 Å². The number of rotatable bonds is 43. The van der Waals surface area contributed by atoms with Gasteiger partial charge in [-0.1, -0.05) is 192 Å². The molecule has 336 valence electrons. The van der Waals surface area contributed by atoms with E-state index in [-0.39, 0.29) is 19.1 Å². The number of aliphatic hydroxyl groups is 1. The molecular formula is C48H93N2O6P. The first-order chi connectivity index (χ1) is 27.5. The van der Waals surface area contributed by atoms with E-state index in [1.165, 1.54) is 122 Å². The summed E-state index contributed by atoms with van der Waals surface area (Å²) in [5.74, 6) is -0.177. The van der Waals surface area contributed by atoms with Crippen molar-refractivity contribution in [3.8, 4) is 0 Å². The van der Waals surface area contributed by atoms with Crippen LogP contribution in [0.3, 0.4) is 0 Å². The largest absolute Gasteiger partial charge is 0.756 e. The summed E-state index contributed by atoms with van der Waals surface area (Å²) in [6.07, 6.45) is 48.6. The molecule has 0 aromatic carbocycles. The minimum Gasteiger partial charge on any atom is -0.756 e. The van der Waals surface area contributed by atoms with Gasteiger partial charge in [0.1, 0.15) is 13.2 Å². The molecule has 0 rings (SSSR count). The van der Waals surface area contributed by atoms with Gasteiger partial charge in [-0.3, -0.25) is 9.36 Å². The van der Waals surface area contributed by atoms with Gasteiger partial charge in [0.25, 0.3) is 7.82 Å². The van der Waals surface area contributed by atoms with E-state index in [1.54, 1.807) is 0 Å². The van der Waals surface area contributed by atoms with Crippen LogP contribution in [-0.2, 0) is 18.4 Å². The van der Waals surface area contributed by atoms with Crippen LogP contribution in [0.1, 0.15) is 213 Å². The molecule has 0 aromatic heterocycles. The van der Waals surface area contributed by atoms with E-state index in [1.807, 2.05) is 21.1 Å². The lowest BCUT2D eigenvalue weighted by atomic mass is 10.0. The van der Waals surface area contributed by atoms with E-state index in [9.17, 15) is 19.4 Å². The molecule has 0 aliphatic heterocycles. The van der Waals surface area contributed by atoms with Gasteiger partial charge in [0, 0.05) is 6.42 Å². The van der Waals surface area contributed by atoms with Crippen LogP contribution in [-0.4, -0.2) is 68.5 Å².